The zero-order valence-corrected chi connectivity index (χ0v) is 12.4. The molecule has 0 radical (unpaired) electrons. The van der Waals surface area contributed by atoms with Crippen molar-refractivity contribution >= 4 is 11.6 Å². The predicted octanol–water partition coefficient (Wildman–Crippen LogP) is 2.47. The quantitative estimate of drug-likeness (QED) is 0.858. The topological polar surface area (TPSA) is 41.6 Å². The summed E-state index contributed by atoms with van der Waals surface area (Å²) in [6.07, 6.45) is 0. The summed E-state index contributed by atoms with van der Waals surface area (Å²) < 4.78 is 5.23. The number of anilines is 1. The lowest BCUT2D eigenvalue weighted by Gasteiger charge is -2.24. The highest BCUT2D eigenvalue weighted by Gasteiger charge is 2.17. The largest absolute Gasteiger partial charge is 0.383 e. The highest BCUT2D eigenvalue weighted by molar-refractivity contribution is 5.99. The van der Waals surface area contributed by atoms with Gasteiger partial charge in [-0.05, 0) is 18.1 Å². The molecule has 4 nitrogen and oxygen atoms in total. The number of rotatable bonds is 6. The van der Waals surface area contributed by atoms with E-state index in [-0.39, 0.29) is 11.9 Å². The first-order valence-corrected chi connectivity index (χ1v) is 6.53. The first kappa shape index (κ1) is 15.5. The molecule has 0 fully saturated rings. The van der Waals surface area contributed by atoms with Crippen LogP contribution in [-0.2, 0) is 4.74 Å². The molecule has 0 aliphatic carbocycles. The molecular formula is C15H24N2O2. The minimum Gasteiger partial charge on any atom is -0.383 e. The fourth-order valence-corrected chi connectivity index (χ4v) is 1.82. The van der Waals surface area contributed by atoms with Gasteiger partial charge in [0.05, 0.1) is 18.2 Å². The predicted molar refractivity (Wildman–Crippen MR) is 78.6 cm³/mol. The number of benzene rings is 1. The van der Waals surface area contributed by atoms with E-state index >= 15 is 0 Å². The molecule has 0 spiro atoms. The van der Waals surface area contributed by atoms with Gasteiger partial charge in [-0.1, -0.05) is 26.0 Å². The lowest BCUT2D eigenvalue weighted by molar-refractivity contribution is 0.0828. The average molecular weight is 264 g/mol. The number of nitrogens with one attached hydrogen (secondary N) is 1. The summed E-state index contributed by atoms with van der Waals surface area (Å²) in [5.74, 6) is 0.422. The third-order valence-electron chi connectivity index (χ3n) is 3.06. The Kier molecular flexibility index (Phi) is 5.83. The second-order valence-corrected chi connectivity index (χ2v) is 5.20. The number of ether oxygens (including phenoxy) is 1. The van der Waals surface area contributed by atoms with Crippen molar-refractivity contribution in [3.63, 3.8) is 0 Å². The van der Waals surface area contributed by atoms with Crippen molar-refractivity contribution in [2.45, 2.75) is 19.9 Å². The Hall–Kier alpha value is -1.55. The molecule has 1 aromatic carbocycles. The van der Waals surface area contributed by atoms with Gasteiger partial charge in [0, 0.05) is 26.9 Å². The van der Waals surface area contributed by atoms with Crippen LogP contribution in [0, 0.1) is 5.92 Å². The van der Waals surface area contributed by atoms with Gasteiger partial charge in [-0.25, -0.2) is 0 Å². The number of para-hydroxylation sites is 1. The van der Waals surface area contributed by atoms with Crippen LogP contribution in [0.15, 0.2) is 24.3 Å². The van der Waals surface area contributed by atoms with Crippen LogP contribution in [0.25, 0.3) is 0 Å². The van der Waals surface area contributed by atoms with Crippen molar-refractivity contribution in [1.82, 2.24) is 4.90 Å². The Bertz CT molecular complexity index is 416. The van der Waals surface area contributed by atoms with Crippen LogP contribution in [-0.4, -0.2) is 44.7 Å². The van der Waals surface area contributed by atoms with Gasteiger partial charge >= 0.3 is 0 Å². The number of nitrogens with zero attached hydrogens (tertiary/aromatic N) is 1. The Balaban J connectivity index is 2.97. The first-order chi connectivity index (χ1) is 8.97. The molecule has 0 aliphatic rings. The first-order valence-electron chi connectivity index (χ1n) is 6.53. The highest BCUT2D eigenvalue weighted by Crippen LogP contribution is 2.19. The Morgan fingerprint density at radius 1 is 1.32 bits per heavy atom. The van der Waals surface area contributed by atoms with Gasteiger partial charge in [0.25, 0.3) is 5.91 Å². The summed E-state index contributed by atoms with van der Waals surface area (Å²) in [4.78, 5) is 13.7. The second-order valence-electron chi connectivity index (χ2n) is 5.20. The van der Waals surface area contributed by atoms with E-state index in [1.807, 2.05) is 24.3 Å². The van der Waals surface area contributed by atoms with E-state index in [0.717, 1.165) is 5.69 Å². The highest BCUT2D eigenvalue weighted by atomic mass is 16.5. The van der Waals surface area contributed by atoms with E-state index < -0.39 is 0 Å². The summed E-state index contributed by atoms with van der Waals surface area (Å²) in [7, 11) is 5.20. The molecule has 106 valence electrons. The summed E-state index contributed by atoms with van der Waals surface area (Å²) in [5, 5.41) is 3.41. The van der Waals surface area contributed by atoms with Gasteiger partial charge in [0.15, 0.2) is 0 Å². The molecule has 1 unspecified atom stereocenters. The minimum atomic E-state index is 0.00280. The molecule has 1 N–H and O–H groups in total. The third-order valence-corrected chi connectivity index (χ3v) is 3.06. The fraction of sp³-hybridized carbons (Fsp3) is 0.533. The third kappa shape index (κ3) is 4.24. The van der Waals surface area contributed by atoms with Crippen molar-refractivity contribution in [3.8, 4) is 0 Å². The molecule has 19 heavy (non-hydrogen) atoms. The van der Waals surface area contributed by atoms with E-state index in [0.29, 0.717) is 18.1 Å². The molecule has 0 saturated carbocycles. The second kappa shape index (κ2) is 7.14. The fourth-order valence-electron chi connectivity index (χ4n) is 1.82. The maximum absolute atomic E-state index is 12.1. The molecule has 0 aromatic heterocycles. The van der Waals surface area contributed by atoms with Crippen molar-refractivity contribution in [2.24, 2.45) is 5.92 Å². The lowest BCUT2D eigenvalue weighted by atomic mass is 10.0. The molecule has 1 rings (SSSR count). The molecule has 4 heteroatoms. The van der Waals surface area contributed by atoms with Crippen LogP contribution in [0.2, 0.25) is 0 Å². The number of carbonyl (C=O) groups is 1. The van der Waals surface area contributed by atoms with Gasteiger partial charge in [0.1, 0.15) is 0 Å². The van der Waals surface area contributed by atoms with Crippen LogP contribution < -0.4 is 5.32 Å². The number of hydrogen-bond acceptors (Lipinski definition) is 3. The van der Waals surface area contributed by atoms with Crippen molar-refractivity contribution in [3.05, 3.63) is 29.8 Å². The normalized spacial score (nSPS) is 12.3. The minimum absolute atomic E-state index is 0.00280. The molecular weight excluding hydrogens is 240 g/mol. The SMILES string of the molecule is COCC(Nc1ccccc1C(=O)N(C)C)C(C)C. The van der Waals surface area contributed by atoms with E-state index in [1.165, 1.54) is 0 Å². The maximum Gasteiger partial charge on any atom is 0.255 e. The Morgan fingerprint density at radius 3 is 2.47 bits per heavy atom. The van der Waals surface area contributed by atoms with Crippen LogP contribution >= 0.6 is 0 Å². The average Bonchev–Trinajstić information content (AvgIpc) is 2.37. The van der Waals surface area contributed by atoms with Crippen LogP contribution in [0.1, 0.15) is 24.2 Å². The molecule has 0 saturated heterocycles. The molecule has 1 aromatic rings. The molecule has 0 heterocycles. The van der Waals surface area contributed by atoms with Gasteiger partial charge in [-0.3, -0.25) is 4.79 Å². The zero-order valence-electron chi connectivity index (χ0n) is 12.4. The summed E-state index contributed by atoms with van der Waals surface area (Å²) in [6.45, 7) is 4.88. The van der Waals surface area contributed by atoms with Gasteiger partial charge in [-0.2, -0.15) is 0 Å². The molecule has 0 bridgehead atoms. The Morgan fingerprint density at radius 2 is 1.95 bits per heavy atom. The van der Waals surface area contributed by atoms with E-state index in [9.17, 15) is 4.79 Å². The van der Waals surface area contributed by atoms with Crippen molar-refractivity contribution in [1.29, 1.82) is 0 Å². The number of hydrogen-bond donors (Lipinski definition) is 1. The molecule has 0 aliphatic heterocycles. The van der Waals surface area contributed by atoms with Crippen molar-refractivity contribution < 1.29 is 9.53 Å². The number of amides is 1. The summed E-state index contributed by atoms with van der Waals surface area (Å²) in [6, 6.07) is 7.76. The number of methoxy groups -OCH3 is 1. The monoisotopic (exact) mass is 264 g/mol. The Labute approximate surface area is 115 Å². The van der Waals surface area contributed by atoms with Gasteiger partial charge < -0.3 is 15.0 Å². The summed E-state index contributed by atoms with van der Waals surface area (Å²) >= 11 is 0. The van der Waals surface area contributed by atoms with Gasteiger partial charge in [-0.15, -0.1) is 0 Å². The standard InChI is InChI=1S/C15H24N2O2/c1-11(2)14(10-19-5)16-13-9-7-6-8-12(13)15(18)17(3)4/h6-9,11,14,16H,10H2,1-5H3. The lowest BCUT2D eigenvalue weighted by Crippen LogP contribution is -2.32. The van der Waals surface area contributed by atoms with E-state index in [2.05, 4.69) is 19.2 Å². The van der Waals surface area contributed by atoms with Crippen LogP contribution in [0.5, 0.6) is 0 Å². The van der Waals surface area contributed by atoms with Gasteiger partial charge in [0.2, 0.25) is 0 Å². The zero-order chi connectivity index (χ0) is 14.4. The van der Waals surface area contributed by atoms with Crippen LogP contribution in [0.4, 0.5) is 5.69 Å². The van der Waals surface area contributed by atoms with E-state index in [1.54, 1.807) is 26.1 Å². The smallest absolute Gasteiger partial charge is 0.255 e. The summed E-state index contributed by atoms with van der Waals surface area (Å²) in [5.41, 5.74) is 1.55. The molecule has 1 amide bonds. The van der Waals surface area contributed by atoms with E-state index in [4.69, 9.17) is 4.74 Å². The molecule has 1 atom stereocenters. The number of carbonyl (C=O) groups excluding carboxylic acids is 1. The van der Waals surface area contributed by atoms with Crippen molar-refractivity contribution in [2.75, 3.05) is 33.1 Å². The van der Waals surface area contributed by atoms with Crippen LogP contribution in [0.3, 0.4) is 0 Å². The maximum atomic E-state index is 12.1.